The number of aliphatic imine (C=N–C) groups is 1. The van der Waals surface area contributed by atoms with Crippen molar-refractivity contribution in [2.24, 2.45) is 10.4 Å². The van der Waals surface area contributed by atoms with Gasteiger partial charge >= 0.3 is 0 Å². The van der Waals surface area contributed by atoms with E-state index in [9.17, 15) is 9.59 Å². The predicted molar refractivity (Wildman–Crippen MR) is 53.5 cm³/mol. The molecule has 3 heteroatoms. The monoisotopic (exact) mass is 193 g/mol. The molecule has 0 aromatic carbocycles. The molecular weight excluding hydrogens is 178 g/mol. The molecule has 1 saturated carbocycles. The van der Waals surface area contributed by atoms with Crippen LogP contribution < -0.4 is 0 Å². The van der Waals surface area contributed by atoms with E-state index in [4.69, 9.17) is 0 Å². The van der Waals surface area contributed by atoms with E-state index < -0.39 is 0 Å². The van der Waals surface area contributed by atoms with Crippen LogP contribution in [0.5, 0.6) is 0 Å². The second kappa shape index (κ2) is 4.34. The highest BCUT2D eigenvalue weighted by atomic mass is 16.1. The van der Waals surface area contributed by atoms with E-state index in [1.165, 1.54) is 12.3 Å². The van der Waals surface area contributed by atoms with Gasteiger partial charge in [-0.3, -0.25) is 4.79 Å². The lowest BCUT2D eigenvalue weighted by atomic mass is 9.71. The highest BCUT2D eigenvalue weighted by molar-refractivity contribution is 5.96. The summed E-state index contributed by atoms with van der Waals surface area (Å²) < 4.78 is 0. The van der Waals surface area contributed by atoms with Crippen molar-refractivity contribution in [1.29, 1.82) is 0 Å². The van der Waals surface area contributed by atoms with Gasteiger partial charge in [0.1, 0.15) is 0 Å². The van der Waals surface area contributed by atoms with E-state index in [0.717, 1.165) is 19.3 Å². The Morgan fingerprint density at radius 1 is 1.64 bits per heavy atom. The Labute approximate surface area is 83.9 Å². The molecule has 0 aromatic rings. The Morgan fingerprint density at radius 2 is 2.36 bits per heavy atom. The van der Waals surface area contributed by atoms with E-state index in [2.05, 4.69) is 18.8 Å². The average Bonchev–Trinajstić information content (AvgIpc) is 2.20. The van der Waals surface area contributed by atoms with Gasteiger partial charge in [-0.2, -0.15) is 4.99 Å². The standard InChI is InChI=1S/C11H15NO2/c1-3-11(2)5-4-10(14)9(6-11)7-12-8-13/h7H,3-6H2,1-2H3/b9-7-. The van der Waals surface area contributed by atoms with Gasteiger partial charge in [-0.05, 0) is 18.3 Å². The first-order valence-corrected chi connectivity index (χ1v) is 4.90. The van der Waals surface area contributed by atoms with Gasteiger partial charge in [0.25, 0.3) is 0 Å². The van der Waals surface area contributed by atoms with Crippen molar-refractivity contribution in [2.45, 2.75) is 39.5 Å². The van der Waals surface area contributed by atoms with Gasteiger partial charge in [0.2, 0.25) is 6.08 Å². The number of Topliss-reactive ketones (excluding diaryl/α,β-unsaturated/α-hetero) is 1. The summed E-state index contributed by atoms with van der Waals surface area (Å²) >= 11 is 0. The van der Waals surface area contributed by atoms with Crippen LogP contribution in [0, 0.1) is 5.41 Å². The molecule has 1 fully saturated rings. The van der Waals surface area contributed by atoms with Crippen LogP contribution in [-0.2, 0) is 9.59 Å². The summed E-state index contributed by atoms with van der Waals surface area (Å²) in [5.41, 5.74) is 0.863. The van der Waals surface area contributed by atoms with E-state index in [1.54, 1.807) is 0 Å². The first kappa shape index (κ1) is 10.9. The van der Waals surface area contributed by atoms with Crippen LogP contribution in [0.2, 0.25) is 0 Å². The van der Waals surface area contributed by atoms with Crippen molar-refractivity contribution in [1.82, 2.24) is 0 Å². The Hall–Kier alpha value is -1.21. The number of carbonyl (C=O) groups excluding carboxylic acids is 2. The molecule has 1 aliphatic rings. The van der Waals surface area contributed by atoms with E-state index in [1.807, 2.05) is 0 Å². The highest BCUT2D eigenvalue weighted by Gasteiger charge is 2.31. The van der Waals surface area contributed by atoms with Crippen LogP contribution in [-0.4, -0.2) is 11.9 Å². The lowest BCUT2D eigenvalue weighted by molar-refractivity contribution is -0.117. The molecule has 0 radical (unpaired) electrons. The van der Waals surface area contributed by atoms with Crippen LogP contribution >= 0.6 is 0 Å². The Kier molecular flexibility index (Phi) is 3.37. The first-order chi connectivity index (χ1) is 6.61. The molecule has 1 aliphatic carbocycles. The lowest BCUT2D eigenvalue weighted by Crippen LogP contribution is -2.25. The van der Waals surface area contributed by atoms with Crippen LogP contribution in [0.25, 0.3) is 0 Å². The fraction of sp³-hybridized carbons (Fsp3) is 0.636. The Bertz CT molecular complexity index is 313. The number of nitrogens with zero attached hydrogens (tertiary/aromatic N) is 1. The van der Waals surface area contributed by atoms with Crippen molar-refractivity contribution in [3.63, 3.8) is 0 Å². The van der Waals surface area contributed by atoms with Crippen LogP contribution in [0.1, 0.15) is 39.5 Å². The third-order valence-electron chi connectivity index (χ3n) is 3.06. The summed E-state index contributed by atoms with van der Waals surface area (Å²) in [5.74, 6) is 0.120. The maximum atomic E-state index is 11.4. The zero-order chi connectivity index (χ0) is 10.6. The van der Waals surface area contributed by atoms with Crippen LogP contribution in [0.3, 0.4) is 0 Å². The van der Waals surface area contributed by atoms with Crippen molar-refractivity contribution in [2.75, 3.05) is 0 Å². The zero-order valence-corrected chi connectivity index (χ0v) is 8.67. The van der Waals surface area contributed by atoms with Crippen LogP contribution in [0.15, 0.2) is 16.8 Å². The van der Waals surface area contributed by atoms with Gasteiger partial charge in [0, 0.05) is 18.2 Å². The molecule has 3 nitrogen and oxygen atoms in total. The molecule has 0 N–H and O–H groups in total. The minimum Gasteiger partial charge on any atom is -0.294 e. The summed E-state index contributed by atoms with van der Waals surface area (Å²) in [6.45, 7) is 4.29. The molecule has 0 spiro atoms. The minimum absolute atomic E-state index is 0.120. The van der Waals surface area contributed by atoms with Crippen molar-refractivity contribution in [3.8, 4) is 0 Å². The first-order valence-electron chi connectivity index (χ1n) is 4.90. The molecule has 0 amide bonds. The molecule has 1 rings (SSSR count). The van der Waals surface area contributed by atoms with Gasteiger partial charge in [0.05, 0.1) is 0 Å². The zero-order valence-electron chi connectivity index (χ0n) is 8.67. The Morgan fingerprint density at radius 3 is 2.93 bits per heavy atom. The number of allylic oxidation sites excluding steroid dienone is 1. The molecule has 76 valence electrons. The van der Waals surface area contributed by atoms with Crippen molar-refractivity contribution < 1.29 is 9.59 Å². The maximum absolute atomic E-state index is 11.4. The molecular formula is C11H15NO2. The van der Waals surface area contributed by atoms with Crippen LogP contribution in [0.4, 0.5) is 0 Å². The summed E-state index contributed by atoms with van der Waals surface area (Å²) in [6.07, 6.45) is 6.07. The van der Waals surface area contributed by atoms with Gasteiger partial charge in [0.15, 0.2) is 5.78 Å². The minimum atomic E-state index is 0.120. The molecule has 1 unspecified atom stereocenters. The molecule has 0 saturated heterocycles. The predicted octanol–water partition coefficient (Wildman–Crippen LogP) is 2.38. The second-order valence-corrected chi connectivity index (χ2v) is 4.14. The highest BCUT2D eigenvalue weighted by Crippen LogP contribution is 2.39. The molecule has 0 aliphatic heterocycles. The summed E-state index contributed by atoms with van der Waals surface area (Å²) in [6, 6.07) is 0. The third-order valence-corrected chi connectivity index (χ3v) is 3.06. The fourth-order valence-corrected chi connectivity index (χ4v) is 1.75. The normalized spacial score (nSPS) is 30.1. The number of carbonyl (C=O) groups is 1. The maximum Gasteiger partial charge on any atom is 0.239 e. The van der Waals surface area contributed by atoms with Crippen molar-refractivity contribution in [3.05, 3.63) is 11.8 Å². The number of ketones is 1. The smallest absolute Gasteiger partial charge is 0.239 e. The molecule has 14 heavy (non-hydrogen) atoms. The number of hydrogen-bond donors (Lipinski definition) is 0. The second-order valence-electron chi connectivity index (χ2n) is 4.14. The van der Waals surface area contributed by atoms with Gasteiger partial charge < -0.3 is 0 Å². The third kappa shape index (κ3) is 2.39. The van der Waals surface area contributed by atoms with Gasteiger partial charge in [-0.25, -0.2) is 4.79 Å². The average molecular weight is 193 g/mol. The number of hydrogen-bond acceptors (Lipinski definition) is 3. The Balaban J connectivity index is 2.84. The number of rotatable bonds is 2. The summed E-state index contributed by atoms with van der Waals surface area (Å²) in [4.78, 5) is 24.7. The van der Waals surface area contributed by atoms with Gasteiger partial charge in [-0.1, -0.05) is 20.3 Å². The van der Waals surface area contributed by atoms with E-state index in [-0.39, 0.29) is 11.2 Å². The molecule has 0 aromatic heterocycles. The lowest BCUT2D eigenvalue weighted by Gasteiger charge is -2.32. The largest absolute Gasteiger partial charge is 0.294 e. The SMILES string of the molecule is CCC1(C)CCC(=O)/C(=C\N=C=O)C1. The van der Waals surface area contributed by atoms with Gasteiger partial charge in [-0.15, -0.1) is 0 Å². The topological polar surface area (TPSA) is 46.5 Å². The molecule has 0 heterocycles. The summed E-state index contributed by atoms with van der Waals surface area (Å²) in [7, 11) is 0. The summed E-state index contributed by atoms with van der Waals surface area (Å²) in [5, 5.41) is 0. The van der Waals surface area contributed by atoms with E-state index >= 15 is 0 Å². The van der Waals surface area contributed by atoms with Crippen molar-refractivity contribution >= 4 is 11.9 Å². The quantitative estimate of drug-likeness (QED) is 0.384. The molecule has 0 bridgehead atoms. The van der Waals surface area contributed by atoms with E-state index in [0.29, 0.717) is 12.0 Å². The number of isocyanates is 1. The fourth-order valence-electron chi connectivity index (χ4n) is 1.75. The molecule has 1 atom stereocenters.